The summed E-state index contributed by atoms with van der Waals surface area (Å²) in [4.78, 5) is 2.39. The van der Waals surface area contributed by atoms with Crippen LogP contribution in [-0.2, 0) is 0 Å². The van der Waals surface area contributed by atoms with E-state index in [4.69, 9.17) is 4.42 Å². The maximum Gasteiger partial charge on any atom is 0.143 e. The van der Waals surface area contributed by atoms with Crippen molar-refractivity contribution in [1.82, 2.24) is 0 Å². The van der Waals surface area contributed by atoms with Gasteiger partial charge in [-0.15, -0.1) is 0 Å². The predicted molar refractivity (Wildman–Crippen MR) is 237 cm³/mol. The second-order valence-corrected chi connectivity index (χ2v) is 14.5. The molecule has 0 atom stereocenters. The summed E-state index contributed by atoms with van der Waals surface area (Å²) in [6, 6.07) is 76.4. The van der Waals surface area contributed by atoms with Gasteiger partial charge in [-0.25, -0.2) is 0 Å². The standard InChI is InChI=1S/C54H35NO/c1-2-14-36(15-3-1)37-28-31-41(32-29-37)55(51-26-13-27-52-53(51)49-33-30-38-16-4-7-22-45(38)54(49)56-52)42-19-12-18-39(34-42)43-21-8-9-24-47(43)50-35-40-17-5-6-20-44(40)46-23-10-11-25-48(46)50/h1-35H. The molecule has 0 saturated carbocycles. The number of hydrogen-bond acceptors (Lipinski definition) is 2. The largest absolute Gasteiger partial charge is 0.455 e. The van der Waals surface area contributed by atoms with Crippen molar-refractivity contribution < 1.29 is 4.42 Å². The molecule has 0 unspecified atom stereocenters. The van der Waals surface area contributed by atoms with Crippen LogP contribution >= 0.6 is 0 Å². The van der Waals surface area contributed by atoms with Crippen LogP contribution in [0.25, 0.3) is 87.6 Å². The van der Waals surface area contributed by atoms with Gasteiger partial charge in [-0.05, 0) is 109 Å². The fraction of sp³-hybridized carbons (Fsp3) is 0. The molecule has 0 amide bonds. The lowest BCUT2D eigenvalue weighted by Crippen LogP contribution is -2.10. The molecule has 0 fully saturated rings. The first kappa shape index (κ1) is 32.0. The average molecular weight is 714 g/mol. The molecular weight excluding hydrogens is 679 g/mol. The van der Waals surface area contributed by atoms with E-state index >= 15 is 0 Å². The summed E-state index contributed by atoms with van der Waals surface area (Å²) >= 11 is 0. The topological polar surface area (TPSA) is 16.4 Å². The predicted octanol–water partition coefficient (Wildman–Crippen LogP) is 15.5. The second kappa shape index (κ2) is 13.2. The van der Waals surface area contributed by atoms with Gasteiger partial charge in [-0.2, -0.15) is 0 Å². The number of hydrogen-bond donors (Lipinski definition) is 0. The van der Waals surface area contributed by atoms with Gasteiger partial charge in [0.05, 0.1) is 11.1 Å². The van der Waals surface area contributed by atoms with Crippen LogP contribution in [0.5, 0.6) is 0 Å². The van der Waals surface area contributed by atoms with Crippen molar-refractivity contribution >= 4 is 71.3 Å². The smallest absolute Gasteiger partial charge is 0.143 e. The Balaban J connectivity index is 1.12. The highest BCUT2D eigenvalue weighted by Gasteiger charge is 2.21. The van der Waals surface area contributed by atoms with Gasteiger partial charge in [0.1, 0.15) is 11.2 Å². The van der Waals surface area contributed by atoms with E-state index in [2.05, 4.69) is 217 Å². The summed E-state index contributed by atoms with van der Waals surface area (Å²) in [5.74, 6) is 0. The first-order chi connectivity index (χ1) is 27.8. The van der Waals surface area contributed by atoms with E-state index < -0.39 is 0 Å². The Hall–Kier alpha value is -7.42. The Morgan fingerprint density at radius 2 is 0.964 bits per heavy atom. The lowest BCUT2D eigenvalue weighted by molar-refractivity contribution is 0.672. The van der Waals surface area contributed by atoms with E-state index in [1.807, 2.05) is 0 Å². The molecule has 0 radical (unpaired) electrons. The lowest BCUT2D eigenvalue weighted by atomic mass is 9.89. The summed E-state index contributed by atoms with van der Waals surface area (Å²) < 4.78 is 6.70. The van der Waals surface area contributed by atoms with Gasteiger partial charge in [-0.1, -0.05) is 164 Å². The first-order valence-electron chi connectivity index (χ1n) is 19.2. The third-order valence-electron chi connectivity index (χ3n) is 11.2. The van der Waals surface area contributed by atoms with Crippen LogP contribution in [0.4, 0.5) is 17.1 Å². The Bertz CT molecular complexity index is 3250. The minimum atomic E-state index is 0.865. The molecule has 0 N–H and O–H groups in total. The van der Waals surface area contributed by atoms with Gasteiger partial charge in [0, 0.05) is 22.1 Å². The van der Waals surface area contributed by atoms with Crippen molar-refractivity contribution in [3.05, 3.63) is 212 Å². The molecule has 0 bridgehead atoms. The fourth-order valence-electron chi connectivity index (χ4n) is 8.64. The summed E-state index contributed by atoms with van der Waals surface area (Å²) in [7, 11) is 0. The van der Waals surface area contributed by atoms with Crippen LogP contribution in [0.15, 0.2) is 217 Å². The maximum atomic E-state index is 6.70. The zero-order valence-corrected chi connectivity index (χ0v) is 30.6. The van der Waals surface area contributed by atoms with E-state index in [1.54, 1.807) is 0 Å². The van der Waals surface area contributed by atoms with Crippen LogP contribution in [0, 0.1) is 0 Å². The molecule has 0 aliphatic heterocycles. The van der Waals surface area contributed by atoms with Crippen molar-refractivity contribution in [1.29, 1.82) is 0 Å². The highest BCUT2D eigenvalue weighted by Crippen LogP contribution is 2.46. The Labute approximate surface area is 325 Å². The van der Waals surface area contributed by atoms with Gasteiger partial charge >= 0.3 is 0 Å². The Morgan fingerprint density at radius 3 is 1.80 bits per heavy atom. The van der Waals surface area contributed by atoms with Gasteiger partial charge in [0.25, 0.3) is 0 Å². The second-order valence-electron chi connectivity index (χ2n) is 14.5. The quantitative estimate of drug-likeness (QED) is 0.160. The molecule has 56 heavy (non-hydrogen) atoms. The maximum absolute atomic E-state index is 6.70. The molecule has 1 aromatic heterocycles. The first-order valence-corrected chi connectivity index (χ1v) is 19.2. The summed E-state index contributed by atoms with van der Waals surface area (Å²) in [5.41, 5.74) is 12.1. The van der Waals surface area contributed by atoms with Crippen LogP contribution in [-0.4, -0.2) is 0 Å². The monoisotopic (exact) mass is 713 g/mol. The minimum Gasteiger partial charge on any atom is -0.455 e. The van der Waals surface area contributed by atoms with Crippen molar-refractivity contribution in [2.45, 2.75) is 0 Å². The molecule has 2 nitrogen and oxygen atoms in total. The molecule has 11 aromatic rings. The van der Waals surface area contributed by atoms with Crippen molar-refractivity contribution in [2.24, 2.45) is 0 Å². The molecule has 262 valence electrons. The molecule has 1 heterocycles. The van der Waals surface area contributed by atoms with Gasteiger partial charge in [-0.3, -0.25) is 0 Å². The van der Waals surface area contributed by atoms with Crippen molar-refractivity contribution in [2.75, 3.05) is 4.90 Å². The molecule has 0 saturated heterocycles. The number of benzene rings is 10. The number of anilines is 3. The third kappa shape index (κ3) is 5.26. The van der Waals surface area contributed by atoms with E-state index in [9.17, 15) is 0 Å². The van der Waals surface area contributed by atoms with Crippen LogP contribution in [0.2, 0.25) is 0 Å². The fourth-order valence-corrected chi connectivity index (χ4v) is 8.64. The highest BCUT2D eigenvalue weighted by atomic mass is 16.3. The third-order valence-corrected chi connectivity index (χ3v) is 11.2. The lowest BCUT2D eigenvalue weighted by Gasteiger charge is -2.27. The summed E-state index contributed by atoms with van der Waals surface area (Å²) in [5, 5.41) is 9.50. The number of fused-ring (bicyclic) bond motifs is 8. The minimum absolute atomic E-state index is 0.865. The van der Waals surface area contributed by atoms with Crippen LogP contribution < -0.4 is 4.90 Å². The molecule has 10 aromatic carbocycles. The highest BCUT2D eigenvalue weighted by molar-refractivity contribution is 6.20. The van der Waals surface area contributed by atoms with Crippen LogP contribution in [0.3, 0.4) is 0 Å². The zero-order chi connectivity index (χ0) is 37.0. The molecule has 0 spiro atoms. The molecule has 0 aliphatic rings. The summed E-state index contributed by atoms with van der Waals surface area (Å²) in [6.45, 7) is 0. The average Bonchev–Trinajstić information content (AvgIpc) is 3.67. The number of rotatable bonds is 6. The Morgan fingerprint density at radius 1 is 0.321 bits per heavy atom. The van der Waals surface area contributed by atoms with E-state index in [-0.39, 0.29) is 0 Å². The number of furan rings is 1. The SMILES string of the molecule is c1ccc(-c2ccc(N(c3cccc(-c4ccccc4-c4cc5ccccc5c5ccccc45)c3)c3cccc4oc5c6ccccc6ccc5c34)cc2)cc1. The van der Waals surface area contributed by atoms with Gasteiger partial charge < -0.3 is 9.32 Å². The molecule has 11 rings (SSSR count). The van der Waals surface area contributed by atoms with Crippen molar-refractivity contribution in [3.63, 3.8) is 0 Å². The molecule has 0 aliphatic carbocycles. The van der Waals surface area contributed by atoms with Crippen LogP contribution in [0.1, 0.15) is 0 Å². The van der Waals surface area contributed by atoms with E-state index in [0.717, 1.165) is 50.0 Å². The normalized spacial score (nSPS) is 11.6. The van der Waals surface area contributed by atoms with Gasteiger partial charge in [0.15, 0.2) is 0 Å². The molecule has 2 heteroatoms. The number of nitrogens with zero attached hydrogens (tertiary/aromatic N) is 1. The van der Waals surface area contributed by atoms with E-state index in [0.29, 0.717) is 0 Å². The zero-order valence-electron chi connectivity index (χ0n) is 30.6. The molecular formula is C54H35NO. The van der Waals surface area contributed by atoms with Gasteiger partial charge in [0.2, 0.25) is 0 Å². The van der Waals surface area contributed by atoms with E-state index in [1.165, 1.54) is 54.7 Å². The van der Waals surface area contributed by atoms with Crippen molar-refractivity contribution in [3.8, 4) is 33.4 Å². The summed E-state index contributed by atoms with van der Waals surface area (Å²) in [6.07, 6.45) is 0. The Kier molecular flexibility index (Phi) is 7.53.